The zero-order chi connectivity index (χ0) is 19.8. The van der Waals surface area contributed by atoms with Crippen LogP contribution >= 0.6 is 11.8 Å². The first-order valence-electron chi connectivity index (χ1n) is 9.72. The summed E-state index contributed by atoms with van der Waals surface area (Å²) in [5.41, 5.74) is 1.03. The highest BCUT2D eigenvalue weighted by Crippen LogP contribution is 2.27. The highest BCUT2D eigenvalue weighted by molar-refractivity contribution is 7.98. The molecule has 3 rings (SSSR count). The number of hydrogen-bond acceptors (Lipinski definition) is 7. The number of ether oxygens (including phenoxy) is 1. The summed E-state index contributed by atoms with van der Waals surface area (Å²) in [7, 11) is 1.67. The molecule has 0 N–H and O–H groups in total. The van der Waals surface area contributed by atoms with Crippen molar-refractivity contribution in [2.75, 3.05) is 7.11 Å². The molecular weight excluding hydrogens is 374 g/mol. The van der Waals surface area contributed by atoms with Crippen LogP contribution in [0.25, 0.3) is 11.4 Å². The summed E-state index contributed by atoms with van der Waals surface area (Å²) in [4.78, 5) is 0. The van der Waals surface area contributed by atoms with Crippen molar-refractivity contribution in [3.63, 3.8) is 0 Å². The maximum Gasteiger partial charge on any atom is 0.191 e. The second-order valence-corrected chi connectivity index (χ2v) is 7.44. The molecule has 2 heterocycles. The zero-order valence-corrected chi connectivity index (χ0v) is 17.5. The molecule has 0 aliphatic rings. The molecule has 0 bridgehead atoms. The minimum Gasteiger partial charge on any atom is -0.497 e. The van der Waals surface area contributed by atoms with Crippen LogP contribution < -0.4 is 4.74 Å². The third-order valence-corrected chi connectivity index (χ3v) is 5.42. The first-order valence-corrected chi connectivity index (χ1v) is 10.7. The van der Waals surface area contributed by atoms with E-state index in [9.17, 15) is 0 Å². The SMILES string of the molecule is CCCCn1nnnc1CSc1nnc(-c2ccc(OC)cc2)n1CCCC. The van der Waals surface area contributed by atoms with E-state index >= 15 is 0 Å². The number of rotatable bonds is 11. The number of nitrogens with zero attached hydrogens (tertiary/aromatic N) is 7. The second-order valence-electron chi connectivity index (χ2n) is 6.50. The molecule has 28 heavy (non-hydrogen) atoms. The van der Waals surface area contributed by atoms with Crippen LogP contribution in [0.2, 0.25) is 0 Å². The summed E-state index contributed by atoms with van der Waals surface area (Å²) in [6.07, 6.45) is 4.36. The number of methoxy groups -OCH3 is 1. The van der Waals surface area contributed by atoms with Crippen LogP contribution in [0.5, 0.6) is 5.75 Å². The van der Waals surface area contributed by atoms with Gasteiger partial charge in [-0.1, -0.05) is 38.5 Å². The average Bonchev–Trinajstić information content (AvgIpc) is 3.35. The van der Waals surface area contributed by atoms with Crippen molar-refractivity contribution in [3.05, 3.63) is 30.1 Å². The van der Waals surface area contributed by atoms with Crippen LogP contribution in [0, 0.1) is 0 Å². The molecule has 1 aromatic carbocycles. The number of tetrazole rings is 1. The fraction of sp³-hybridized carbons (Fsp3) is 0.526. The smallest absolute Gasteiger partial charge is 0.191 e. The summed E-state index contributed by atoms with van der Waals surface area (Å²) in [6, 6.07) is 7.93. The molecule has 150 valence electrons. The van der Waals surface area contributed by atoms with Gasteiger partial charge in [-0.25, -0.2) is 4.68 Å². The molecule has 0 aliphatic heterocycles. The molecule has 2 aromatic heterocycles. The van der Waals surface area contributed by atoms with Gasteiger partial charge >= 0.3 is 0 Å². The lowest BCUT2D eigenvalue weighted by atomic mass is 10.2. The maximum atomic E-state index is 5.26. The predicted octanol–water partition coefficient (Wildman–Crippen LogP) is 3.83. The minimum atomic E-state index is 0.670. The van der Waals surface area contributed by atoms with Crippen molar-refractivity contribution in [1.82, 2.24) is 35.0 Å². The lowest BCUT2D eigenvalue weighted by molar-refractivity contribution is 0.415. The Balaban J connectivity index is 1.78. The molecule has 0 saturated carbocycles. The van der Waals surface area contributed by atoms with Crippen molar-refractivity contribution < 1.29 is 4.74 Å². The number of hydrogen-bond donors (Lipinski definition) is 0. The van der Waals surface area contributed by atoms with E-state index in [0.717, 1.165) is 66.9 Å². The molecule has 0 radical (unpaired) electrons. The van der Waals surface area contributed by atoms with Crippen LogP contribution in [0.4, 0.5) is 0 Å². The normalized spacial score (nSPS) is 11.1. The summed E-state index contributed by atoms with van der Waals surface area (Å²) < 4.78 is 9.33. The second kappa shape index (κ2) is 10.2. The van der Waals surface area contributed by atoms with Crippen molar-refractivity contribution in [3.8, 4) is 17.1 Å². The van der Waals surface area contributed by atoms with E-state index in [1.54, 1.807) is 18.9 Å². The molecule has 0 aliphatic carbocycles. The fourth-order valence-corrected chi connectivity index (χ4v) is 3.70. The Morgan fingerprint density at radius 1 is 0.964 bits per heavy atom. The lowest BCUT2D eigenvalue weighted by Crippen LogP contribution is -2.06. The third-order valence-electron chi connectivity index (χ3n) is 4.46. The van der Waals surface area contributed by atoms with E-state index in [-0.39, 0.29) is 0 Å². The maximum absolute atomic E-state index is 5.26. The first kappa shape index (κ1) is 20.3. The van der Waals surface area contributed by atoms with Gasteiger partial charge in [-0.05, 0) is 47.5 Å². The number of benzene rings is 1. The van der Waals surface area contributed by atoms with Gasteiger partial charge in [0.05, 0.1) is 12.9 Å². The number of unbranched alkanes of at least 4 members (excludes halogenated alkanes) is 2. The summed E-state index contributed by atoms with van der Waals surface area (Å²) in [5, 5.41) is 21.9. The van der Waals surface area contributed by atoms with Gasteiger partial charge in [-0.15, -0.1) is 15.3 Å². The highest BCUT2D eigenvalue weighted by Gasteiger charge is 2.16. The molecule has 9 heteroatoms. The average molecular weight is 402 g/mol. The number of aryl methyl sites for hydroxylation is 1. The predicted molar refractivity (Wildman–Crippen MR) is 109 cm³/mol. The van der Waals surface area contributed by atoms with Crippen molar-refractivity contribution >= 4 is 11.8 Å². The zero-order valence-electron chi connectivity index (χ0n) is 16.7. The Bertz CT molecular complexity index is 860. The Kier molecular flexibility index (Phi) is 7.41. The van der Waals surface area contributed by atoms with Gasteiger partial charge in [0.15, 0.2) is 16.8 Å². The monoisotopic (exact) mass is 401 g/mol. The van der Waals surface area contributed by atoms with E-state index in [1.807, 2.05) is 28.9 Å². The Morgan fingerprint density at radius 3 is 2.43 bits per heavy atom. The van der Waals surface area contributed by atoms with Gasteiger partial charge in [0.25, 0.3) is 0 Å². The van der Waals surface area contributed by atoms with Gasteiger partial charge < -0.3 is 9.30 Å². The summed E-state index contributed by atoms with van der Waals surface area (Å²) >= 11 is 1.63. The first-order chi connectivity index (χ1) is 13.8. The van der Waals surface area contributed by atoms with Crippen LogP contribution in [-0.2, 0) is 18.8 Å². The molecular formula is C19H27N7OS. The molecule has 0 amide bonds. The standard InChI is InChI=1S/C19H27N7OS/c1-4-6-12-25-18(15-8-10-16(27-3)11-9-15)21-22-19(25)28-14-17-20-23-24-26(17)13-7-5-2/h8-11H,4-7,12-14H2,1-3H3. The summed E-state index contributed by atoms with van der Waals surface area (Å²) in [5.74, 6) is 3.25. The lowest BCUT2D eigenvalue weighted by Gasteiger charge is -2.10. The van der Waals surface area contributed by atoms with E-state index in [2.05, 4.69) is 44.1 Å². The molecule has 0 atom stereocenters. The molecule has 0 fully saturated rings. The highest BCUT2D eigenvalue weighted by atomic mass is 32.2. The van der Waals surface area contributed by atoms with Crippen LogP contribution in [0.3, 0.4) is 0 Å². The van der Waals surface area contributed by atoms with Gasteiger partial charge in [0, 0.05) is 18.7 Å². The molecule has 0 spiro atoms. The number of thioether (sulfide) groups is 1. The number of aromatic nitrogens is 7. The minimum absolute atomic E-state index is 0.670. The quantitative estimate of drug-likeness (QED) is 0.451. The topological polar surface area (TPSA) is 83.5 Å². The third kappa shape index (κ3) is 4.89. The Hall–Kier alpha value is -2.42. The largest absolute Gasteiger partial charge is 0.497 e. The molecule has 0 unspecified atom stereocenters. The van der Waals surface area contributed by atoms with Crippen molar-refractivity contribution in [2.24, 2.45) is 0 Å². The molecule has 0 saturated heterocycles. The summed E-state index contributed by atoms with van der Waals surface area (Å²) in [6.45, 7) is 6.08. The van der Waals surface area contributed by atoms with Gasteiger partial charge in [0.2, 0.25) is 0 Å². The Morgan fingerprint density at radius 2 is 1.71 bits per heavy atom. The molecule has 3 aromatic rings. The van der Waals surface area contributed by atoms with Gasteiger partial charge in [-0.2, -0.15) is 0 Å². The van der Waals surface area contributed by atoms with Crippen molar-refractivity contribution in [1.29, 1.82) is 0 Å². The van der Waals surface area contributed by atoms with E-state index < -0.39 is 0 Å². The van der Waals surface area contributed by atoms with E-state index in [4.69, 9.17) is 4.74 Å². The van der Waals surface area contributed by atoms with Gasteiger partial charge in [0.1, 0.15) is 5.75 Å². The fourth-order valence-electron chi connectivity index (χ4n) is 2.80. The van der Waals surface area contributed by atoms with Crippen molar-refractivity contribution in [2.45, 2.75) is 63.5 Å². The van der Waals surface area contributed by atoms with E-state index in [1.165, 1.54) is 0 Å². The van der Waals surface area contributed by atoms with Crippen LogP contribution in [0.1, 0.15) is 45.4 Å². The van der Waals surface area contributed by atoms with Gasteiger partial charge in [-0.3, -0.25) is 0 Å². The molecule has 8 nitrogen and oxygen atoms in total. The van der Waals surface area contributed by atoms with E-state index in [0.29, 0.717) is 5.75 Å². The van der Waals surface area contributed by atoms with Crippen LogP contribution in [0.15, 0.2) is 29.4 Å². The van der Waals surface area contributed by atoms with Crippen LogP contribution in [-0.4, -0.2) is 42.1 Å². The Labute approximate surface area is 169 Å².